The molecule has 0 spiro atoms. The minimum absolute atomic E-state index is 0.134. The van der Waals surface area contributed by atoms with Gasteiger partial charge in [-0.1, -0.05) is 44.7 Å². The fourth-order valence-corrected chi connectivity index (χ4v) is 2.36. The number of aliphatic hydroxyl groups excluding tert-OH is 1. The quantitative estimate of drug-likeness (QED) is 0.817. The van der Waals surface area contributed by atoms with Crippen LogP contribution in [0.15, 0.2) is 24.3 Å². The van der Waals surface area contributed by atoms with Crippen LogP contribution in [0.1, 0.15) is 38.3 Å². The van der Waals surface area contributed by atoms with Crippen molar-refractivity contribution in [3.8, 4) is 11.8 Å². The van der Waals surface area contributed by atoms with Crippen molar-refractivity contribution in [2.45, 2.75) is 38.2 Å². The van der Waals surface area contributed by atoms with Gasteiger partial charge in [0.25, 0.3) is 0 Å². The Morgan fingerprint density at radius 3 is 2.39 bits per heavy atom. The summed E-state index contributed by atoms with van der Waals surface area (Å²) in [5.41, 5.74) is 2.37. The Labute approximate surface area is 115 Å². The first kappa shape index (κ1) is 15.1. The molecule has 0 aliphatic heterocycles. The SMILES string of the molecule is CC(C)C(C)SCc1ccc(C#CCCO)cc1. The molecule has 1 rings (SSSR count). The zero-order valence-electron chi connectivity index (χ0n) is 11.4. The first-order valence-electron chi connectivity index (χ1n) is 6.43. The van der Waals surface area contributed by atoms with E-state index in [1.165, 1.54) is 5.56 Å². The third kappa shape index (κ3) is 5.62. The summed E-state index contributed by atoms with van der Waals surface area (Å²) < 4.78 is 0. The van der Waals surface area contributed by atoms with Crippen LogP contribution in [0.25, 0.3) is 0 Å². The van der Waals surface area contributed by atoms with Crippen LogP contribution in [0.4, 0.5) is 0 Å². The summed E-state index contributed by atoms with van der Waals surface area (Å²) in [4.78, 5) is 0. The number of thioether (sulfide) groups is 1. The lowest BCUT2D eigenvalue weighted by molar-refractivity contribution is 0.305. The molecule has 0 saturated carbocycles. The monoisotopic (exact) mass is 262 g/mol. The number of aliphatic hydroxyl groups is 1. The Morgan fingerprint density at radius 2 is 1.83 bits per heavy atom. The fraction of sp³-hybridized carbons (Fsp3) is 0.500. The van der Waals surface area contributed by atoms with Crippen LogP contribution in [0.3, 0.4) is 0 Å². The van der Waals surface area contributed by atoms with E-state index in [1.807, 2.05) is 11.8 Å². The van der Waals surface area contributed by atoms with Gasteiger partial charge in [0.15, 0.2) is 0 Å². The second-order valence-corrected chi connectivity index (χ2v) is 6.10. The van der Waals surface area contributed by atoms with E-state index in [9.17, 15) is 0 Å². The van der Waals surface area contributed by atoms with E-state index < -0.39 is 0 Å². The Morgan fingerprint density at radius 1 is 1.17 bits per heavy atom. The van der Waals surface area contributed by atoms with Crippen LogP contribution in [0, 0.1) is 17.8 Å². The van der Waals surface area contributed by atoms with Crippen LogP contribution in [0.2, 0.25) is 0 Å². The summed E-state index contributed by atoms with van der Waals surface area (Å²) in [6.45, 7) is 6.94. The van der Waals surface area contributed by atoms with Crippen molar-refractivity contribution in [3.63, 3.8) is 0 Å². The molecule has 1 aromatic rings. The van der Waals surface area contributed by atoms with Gasteiger partial charge in [-0.25, -0.2) is 0 Å². The minimum Gasteiger partial charge on any atom is -0.395 e. The molecule has 0 amide bonds. The van der Waals surface area contributed by atoms with Crippen LogP contribution in [-0.2, 0) is 5.75 Å². The second-order valence-electron chi connectivity index (χ2n) is 4.73. The molecule has 0 saturated heterocycles. The van der Waals surface area contributed by atoms with E-state index in [-0.39, 0.29) is 6.61 Å². The van der Waals surface area contributed by atoms with Crippen molar-refractivity contribution in [3.05, 3.63) is 35.4 Å². The second kappa shape index (κ2) is 8.24. The summed E-state index contributed by atoms with van der Waals surface area (Å²) >= 11 is 2.00. The molecule has 98 valence electrons. The van der Waals surface area contributed by atoms with E-state index >= 15 is 0 Å². The lowest BCUT2D eigenvalue weighted by Crippen LogP contribution is -2.05. The highest BCUT2D eigenvalue weighted by atomic mass is 32.2. The Balaban J connectivity index is 2.48. The van der Waals surface area contributed by atoms with E-state index in [0.29, 0.717) is 11.7 Å². The zero-order valence-corrected chi connectivity index (χ0v) is 12.3. The Kier molecular flexibility index (Phi) is 6.93. The molecule has 1 N–H and O–H groups in total. The predicted octanol–water partition coefficient (Wildman–Crippen LogP) is 3.70. The maximum absolute atomic E-state index is 8.65. The van der Waals surface area contributed by atoms with Crippen molar-refractivity contribution < 1.29 is 5.11 Å². The van der Waals surface area contributed by atoms with E-state index in [4.69, 9.17) is 5.11 Å². The van der Waals surface area contributed by atoms with Crippen molar-refractivity contribution in [2.75, 3.05) is 6.61 Å². The highest BCUT2D eigenvalue weighted by Crippen LogP contribution is 2.23. The van der Waals surface area contributed by atoms with Crippen LogP contribution >= 0.6 is 11.8 Å². The van der Waals surface area contributed by atoms with Gasteiger partial charge in [0, 0.05) is 23.0 Å². The third-order valence-corrected chi connectivity index (χ3v) is 4.45. The van der Waals surface area contributed by atoms with Gasteiger partial charge in [0.2, 0.25) is 0 Å². The van der Waals surface area contributed by atoms with Gasteiger partial charge in [-0.15, -0.1) is 0 Å². The molecule has 0 aliphatic rings. The molecule has 18 heavy (non-hydrogen) atoms. The molecule has 1 unspecified atom stereocenters. The smallest absolute Gasteiger partial charge is 0.0540 e. The van der Waals surface area contributed by atoms with Gasteiger partial charge in [-0.3, -0.25) is 0 Å². The van der Waals surface area contributed by atoms with E-state index in [0.717, 1.165) is 17.2 Å². The lowest BCUT2D eigenvalue weighted by atomic mass is 10.1. The fourth-order valence-electron chi connectivity index (χ4n) is 1.32. The van der Waals surface area contributed by atoms with Crippen molar-refractivity contribution in [1.29, 1.82) is 0 Å². The molecule has 0 radical (unpaired) electrons. The Bertz CT molecular complexity index is 397. The van der Waals surface area contributed by atoms with Gasteiger partial charge in [-0.05, 0) is 23.6 Å². The van der Waals surface area contributed by atoms with Crippen molar-refractivity contribution in [1.82, 2.24) is 0 Å². The molecule has 1 aromatic carbocycles. The first-order valence-corrected chi connectivity index (χ1v) is 7.48. The molecule has 0 aromatic heterocycles. The van der Waals surface area contributed by atoms with E-state index in [1.54, 1.807) is 0 Å². The van der Waals surface area contributed by atoms with Gasteiger partial charge < -0.3 is 5.11 Å². The number of benzene rings is 1. The normalized spacial score (nSPS) is 12.1. The summed E-state index contributed by atoms with van der Waals surface area (Å²) in [5, 5.41) is 9.34. The average molecular weight is 262 g/mol. The summed E-state index contributed by atoms with van der Waals surface area (Å²) in [7, 11) is 0. The molecular weight excluding hydrogens is 240 g/mol. The molecule has 0 aliphatic carbocycles. The number of hydrogen-bond acceptors (Lipinski definition) is 2. The predicted molar refractivity (Wildman–Crippen MR) is 80.6 cm³/mol. The maximum Gasteiger partial charge on any atom is 0.0540 e. The first-order chi connectivity index (χ1) is 8.63. The van der Waals surface area contributed by atoms with Crippen molar-refractivity contribution >= 4 is 11.8 Å². The van der Waals surface area contributed by atoms with Crippen molar-refractivity contribution in [2.24, 2.45) is 5.92 Å². The molecule has 1 atom stereocenters. The molecule has 0 fully saturated rings. The highest BCUT2D eigenvalue weighted by Gasteiger charge is 2.07. The summed E-state index contributed by atoms with van der Waals surface area (Å²) in [6.07, 6.45) is 0.545. The van der Waals surface area contributed by atoms with Crippen LogP contribution < -0.4 is 0 Å². The molecule has 0 bridgehead atoms. The summed E-state index contributed by atoms with van der Waals surface area (Å²) in [5.74, 6) is 7.75. The van der Waals surface area contributed by atoms with Crippen LogP contribution in [-0.4, -0.2) is 17.0 Å². The van der Waals surface area contributed by atoms with Gasteiger partial charge in [0.05, 0.1) is 6.61 Å². The Hall–Kier alpha value is -0.910. The number of rotatable bonds is 5. The van der Waals surface area contributed by atoms with E-state index in [2.05, 4.69) is 56.9 Å². The maximum atomic E-state index is 8.65. The van der Waals surface area contributed by atoms with Gasteiger partial charge in [0.1, 0.15) is 0 Å². The highest BCUT2D eigenvalue weighted by molar-refractivity contribution is 7.99. The molecule has 1 nitrogen and oxygen atoms in total. The van der Waals surface area contributed by atoms with Gasteiger partial charge >= 0.3 is 0 Å². The lowest BCUT2D eigenvalue weighted by Gasteiger charge is -2.14. The van der Waals surface area contributed by atoms with Crippen LogP contribution in [0.5, 0.6) is 0 Å². The number of hydrogen-bond donors (Lipinski definition) is 1. The molecule has 0 heterocycles. The van der Waals surface area contributed by atoms with Gasteiger partial charge in [-0.2, -0.15) is 11.8 Å². The standard InChI is InChI=1S/C16H22OS/c1-13(2)14(3)18-12-16-9-7-15(8-10-16)6-4-5-11-17/h7-10,13-14,17H,5,11-12H2,1-3H3. The topological polar surface area (TPSA) is 20.2 Å². The molecular formula is C16H22OS. The largest absolute Gasteiger partial charge is 0.395 e. The average Bonchev–Trinajstić information content (AvgIpc) is 2.37. The zero-order chi connectivity index (χ0) is 13.4. The summed E-state index contributed by atoms with van der Waals surface area (Å²) in [6, 6.07) is 8.40. The minimum atomic E-state index is 0.134. The third-order valence-electron chi connectivity index (χ3n) is 2.88. The molecule has 2 heteroatoms.